The zero-order valence-electron chi connectivity index (χ0n) is 12.3. The summed E-state index contributed by atoms with van der Waals surface area (Å²) in [6.07, 6.45) is 1.16. The number of hydrogen-bond donors (Lipinski definition) is 0. The van der Waals surface area contributed by atoms with E-state index in [1.54, 1.807) is 24.0 Å². The number of hydrogen-bond acceptors (Lipinski definition) is 2. The Balaban J connectivity index is 1.97. The van der Waals surface area contributed by atoms with E-state index in [4.69, 9.17) is 0 Å². The summed E-state index contributed by atoms with van der Waals surface area (Å²) in [6, 6.07) is 14.5. The van der Waals surface area contributed by atoms with Crippen LogP contribution in [0.15, 0.2) is 53.0 Å². The van der Waals surface area contributed by atoms with E-state index in [0.717, 1.165) is 22.1 Å². The molecule has 3 nitrogen and oxygen atoms in total. The average Bonchev–Trinajstić information content (AvgIpc) is 2.54. The van der Waals surface area contributed by atoms with Crippen molar-refractivity contribution in [2.24, 2.45) is 0 Å². The molecule has 1 aliphatic heterocycles. The molecule has 0 radical (unpaired) electrons. The molecule has 112 valence electrons. The first-order valence-corrected chi connectivity index (χ1v) is 8.07. The van der Waals surface area contributed by atoms with Crippen LogP contribution in [0, 0.1) is 0 Å². The maximum absolute atomic E-state index is 12.7. The lowest BCUT2D eigenvalue weighted by molar-refractivity contribution is -0.119. The normalized spacial score (nSPS) is 15.4. The SMILES string of the molecule is CC(C(=O)c1ccccc1)N1C(=O)CCc2cc(Br)ccc21. The number of amides is 1. The molecule has 2 aromatic rings. The minimum atomic E-state index is -0.505. The first-order chi connectivity index (χ1) is 10.6. The number of nitrogens with zero attached hydrogens (tertiary/aromatic N) is 1. The Morgan fingerprint density at radius 3 is 2.59 bits per heavy atom. The Bertz CT molecular complexity index is 727. The molecule has 1 aliphatic rings. The Morgan fingerprint density at radius 1 is 1.14 bits per heavy atom. The van der Waals surface area contributed by atoms with Gasteiger partial charge in [0.25, 0.3) is 0 Å². The minimum Gasteiger partial charge on any atom is -0.302 e. The van der Waals surface area contributed by atoms with Gasteiger partial charge in [-0.2, -0.15) is 0 Å². The van der Waals surface area contributed by atoms with Gasteiger partial charge in [0.15, 0.2) is 5.78 Å². The highest BCUT2D eigenvalue weighted by Crippen LogP contribution is 2.32. The smallest absolute Gasteiger partial charge is 0.228 e. The van der Waals surface area contributed by atoms with Crippen molar-refractivity contribution in [3.05, 3.63) is 64.1 Å². The van der Waals surface area contributed by atoms with E-state index in [-0.39, 0.29) is 11.7 Å². The Kier molecular flexibility index (Phi) is 4.12. The van der Waals surface area contributed by atoms with Crippen molar-refractivity contribution in [2.45, 2.75) is 25.8 Å². The molecule has 1 atom stereocenters. The molecule has 2 aromatic carbocycles. The molecule has 3 rings (SSSR count). The van der Waals surface area contributed by atoms with Crippen molar-refractivity contribution < 1.29 is 9.59 Å². The van der Waals surface area contributed by atoms with Gasteiger partial charge in [0.1, 0.15) is 0 Å². The van der Waals surface area contributed by atoms with Crippen LogP contribution in [0.2, 0.25) is 0 Å². The number of aryl methyl sites for hydroxylation is 1. The van der Waals surface area contributed by atoms with E-state index >= 15 is 0 Å². The summed E-state index contributed by atoms with van der Waals surface area (Å²) in [5.41, 5.74) is 2.57. The zero-order valence-corrected chi connectivity index (χ0v) is 13.8. The van der Waals surface area contributed by atoms with Crippen LogP contribution in [0.4, 0.5) is 5.69 Å². The maximum atomic E-state index is 12.7. The van der Waals surface area contributed by atoms with Gasteiger partial charge in [-0.15, -0.1) is 0 Å². The number of carbonyl (C=O) groups excluding carboxylic acids is 2. The van der Waals surface area contributed by atoms with Crippen LogP contribution in [0.5, 0.6) is 0 Å². The number of carbonyl (C=O) groups is 2. The van der Waals surface area contributed by atoms with Gasteiger partial charge in [0, 0.05) is 22.1 Å². The minimum absolute atomic E-state index is 0.00611. The first-order valence-electron chi connectivity index (χ1n) is 7.27. The largest absolute Gasteiger partial charge is 0.302 e. The lowest BCUT2D eigenvalue weighted by Crippen LogP contribution is -2.46. The third-order valence-corrected chi connectivity index (χ3v) is 4.50. The van der Waals surface area contributed by atoms with Crippen LogP contribution in [0.1, 0.15) is 29.3 Å². The highest BCUT2D eigenvalue weighted by atomic mass is 79.9. The van der Waals surface area contributed by atoms with Crippen molar-refractivity contribution in [3.8, 4) is 0 Å². The summed E-state index contributed by atoms with van der Waals surface area (Å²) in [5.74, 6) is -0.0312. The molecule has 0 fully saturated rings. The molecule has 1 unspecified atom stereocenters. The molecule has 1 heterocycles. The second-order valence-corrected chi connectivity index (χ2v) is 6.36. The molecule has 0 saturated heterocycles. The van der Waals surface area contributed by atoms with Gasteiger partial charge in [0.05, 0.1) is 6.04 Å². The lowest BCUT2D eigenvalue weighted by atomic mass is 9.97. The van der Waals surface area contributed by atoms with Crippen LogP contribution >= 0.6 is 15.9 Å². The van der Waals surface area contributed by atoms with Crippen LogP contribution in [0.25, 0.3) is 0 Å². The Morgan fingerprint density at radius 2 is 1.86 bits per heavy atom. The van der Waals surface area contributed by atoms with Gasteiger partial charge < -0.3 is 4.90 Å². The van der Waals surface area contributed by atoms with Gasteiger partial charge >= 0.3 is 0 Å². The van der Waals surface area contributed by atoms with E-state index < -0.39 is 6.04 Å². The molecule has 0 N–H and O–H groups in total. The van der Waals surface area contributed by atoms with Crippen LogP contribution < -0.4 is 4.90 Å². The molecule has 0 aromatic heterocycles. The second-order valence-electron chi connectivity index (χ2n) is 5.44. The summed E-state index contributed by atoms with van der Waals surface area (Å²) >= 11 is 3.46. The van der Waals surface area contributed by atoms with E-state index in [0.29, 0.717) is 12.0 Å². The van der Waals surface area contributed by atoms with E-state index in [2.05, 4.69) is 15.9 Å². The van der Waals surface area contributed by atoms with E-state index in [9.17, 15) is 9.59 Å². The molecule has 0 saturated carbocycles. The van der Waals surface area contributed by atoms with Crippen LogP contribution in [0.3, 0.4) is 0 Å². The van der Waals surface area contributed by atoms with Gasteiger partial charge in [0.2, 0.25) is 5.91 Å². The van der Waals surface area contributed by atoms with Gasteiger partial charge in [-0.3, -0.25) is 9.59 Å². The molecular formula is C18H16BrNO2. The van der Waals surface area contributed by atoms with Gasteiger partial charge in [-0.1, -0.05) is 46.3 Å². The van der Waals surface area contributed by atoms with Gasteiger partial charge in [-0.25, -0.2) is 0 Å². The Hall–Kier alpha value is -1.94. The topological polar surface area (TPSA) is 37.4 Å². The standard InChI is InChI=1S/C18H16BrNO2/c1-12(18(22)13-5-3-2-4-6-13)20-16-9-8-15(19)11-14(16)7-10-17(20)21/h2-6,8-9,11-12H,7,10H2,1H3. The predicted octanol–water partition coefficient (Wildman–Crippen LogP) is 4.00. The number of anilines is 1. The first kappa shape index (κ1) is 15.0. The zero-order chi connectivity index (χ0) is 15.7. The highest BCUT2D eigenvalue weighted by molar-refractivity contribution is 9.10. The van der Waals surface area contributed by atoms with E-state index in [1.165, 1.54) is 0 Å². The predicted molar refractivity (Wildman–Crippen MR) is 90.2 cm³/mol. The quantitative estimate of drug-likeness (QED) is 0.778. The Labute approximate surface area is 138 Å². The third kappa shape index (κ3) is 2.71. The number of rotatable bonds is 3. The summed E-state index contributed by atoms with van der Waals surface area (Å²) in [7, 11) is 0. The third-order valence-electron chi connectivity index (χ3n) is 4.00. The molecular weight excluding hydrogens is 342 g/mol. The molecule has 1 amide bonds. The monoisotopic (exact) mass is 357 g/mol. The number of Topliss-reactive ketones (excluding diaryl/α,β-unsaturated/α-hetero) is 1. The molecule has 0 bridgehead atoms. The summed E-state index contributed by atoms with van der Waals surface area (Å²) in [4.78, 5) is 26.7. The summed E-state index contributed by atoms with van der Waals surface area (Å²) in [6.45, 7) is 1.80. The summed E-state index contributed by atoms with van der Waals surface area (Å²) < 4.78 is 0.989. The summed E-state index contributed by atoms with van der Waals surface area (Å²) in [5, 5.41) is 0. The van der Waals surface area contributed by atoms with Crippen molar-refractivity contribution in [1.29, 1.82) is 0 Å². The fourth-order valence-electron chi connectivity index (χ4n) is 2.87. The number of benzene rings is 2. The highest BCUT2D eigenvalue weighted by Gasteiger charge is 2.32. The van der Waals surface area contributed by atoms with Crippen molar-refractivity contribution in [2.75, 3.05) is 4.90 Å². The molecule has 4 heteroatoms. The fourth-order valence-corrected chi connectivity index (χ4v) is 3.28. The van der Waals surface area contributed by atoms with Crippen molar-refractivity contribution in [3.63, 3.8) is 0 Å². The maximum Gasteiger partial charge on any atom is 0.228 e. The molecule has 0 aliphatic carbocycles. The van der Waals surface area contributed by atoms with Crippen molar-refractivity contribution >= 4 is 33.3 Å². The lowest BCUT2D eigenvalue weighted by Gasteiger charge is -2.33. The number of fused-ring (bicyclic) bond motifs is 1. The van der Waals surface area contributed by atoms with Gasteiger partial charge in [-0.05, 0) is 37.1 Å². The average molecular weight is 358 g/mol. The van der Waals surface area contributed by atoms with E-state index in [1.807, 2.05) is 36.4 Å². The number of ketones is 1. The van der Waals surface area contributed by atoms with Crippen molar-refractivity contribution in [1.82, 2.24) is 0 Å². The number of halogens is 1. The molecule has 0 spiro atoms. The van der Waals surface area contributed by atoms with Crippen LogP contribution in [-0.2, 0) is 11.2 Å². The fraction of sp³-hybridized carbons (Fsp3) is 0.222. The van der Waals surface area contributed by atoms with Crippen LogP contribution in [-0.4, -0.2) is 17.7 Å². The molecule has 22 heavy (non-hydrogen) atoms. The second kappa shape index (κ2) is 6.05.